The third kappa shape index (κ3) is 1.71. The van der Waals surface area contributed by atoms with Gasteiger partial charge in [0.25, 0.3) is 5.56 Å². The van der Waals surface area contributed by atoms with Gasteiger partial charge in [-0.3, -0.25) is 4.79 Å². The van der Waals surface area contributed by atoms with Crippen molar-refractivity contribution in [1.29, 1.82) is 0 Å². The van der Waals surface area contributed by atoms with E-state index < -0.39 is 0 Å². The van der Waals surface area contributed by atoms with E-state index in [1.165, 1.54) is 4.52 Å². The molecule has 5 nitrogen and oxygen atoms in total. The van der Waals surface area contributed by atoms with Crippen LogP contribution in [0.15, 0.2) is 29.1 Å². The van der Waals surface area contributed by atoms with Crippen LogP contribution in [-0.2, 0) is 0 Å². The van der Waals surface area contributed by atoms with Gasteiger partial charge < -0.3 is 10.1 Å². The Kier molecular flexibility index (Phi) is 2.79. The third-order valence-electron chi connectivity index (χ3n) is 3.31. The predicted molar refractivity (Wildman–Crippen MR) is 77.4 cm³/mol. The van der Waals surface area contributed by atoms with Crippen molar-refractivity contribution in [3.8, 4) is 17.0 Å². The molecule has 1 aromatic carbocycles. The smallest absolute Gasteiger partial charge is 0.257 e. The molecule has 102 valence electrons. The molecule has 0 atom stereocenters. The molecule has 0 saturated carbocycles. The Hall–Kier alpha value is -2.27. The van der Waals surface area contributed by atoms with Gasteiger partial charge >= 0.3 is 0 Å². The number of aromatic nitrogens is 3. The van der Waals surface area contributed by atoms with E-state index in [4.69, 9.17) is 11.6 Å². The van der Waals surface area contributed by atoms with E-state index in [1.807, 2.05) is 18.2 Å². The summed E-state index contributed by atoms with van der Waals surface area (Å²) in [5.41, 5.74) is 2.47. The fourth-order valence-corrected chi connectivity index (χ4v) is 2.47. The molecular weight excluding hydrogens is 278 g/mol. The van der Waals surface area contributed by atoms with Gasteiger partial charge in [0.15, 0.2) is 0 Å². The summed E-state index contributed by atoms with van der Waals surface area (Å²) in [6.07, 6.45) is 0. The van der Waals surface area contributed by atoms with E-state index in [9.17, 15) is 9.90 Å². The number of aromatic hydroxyl groups is 1. The maximum Gasteiger partial charge on any atom is 0.257 e. The topological polar surface area (TPSA) is 70.4 Å². The minimum atomic E-state index is -0.344. The number of nitrogens with one attached hydrogen (secondary N) is 1. The van der Waals surface area contributed by atoms with Crippen LogP contribution in [0.1, 0.15) is 11.3 Å². The fraction of sp³-hybridized carbons (Fsp3) is 0.143. The Bertz CT molecular complexity index is 880. The molecule has 3 rings (SSSR count). The zero-order valence-electron chi connectivity index (χ0n) is 10.9. The molecule has 6 heteroatoms. The molecular formula is C14H12ClN3O2. The van der Waals surface area contributed by atoms with E-state index in [-0.39, 0.29) is 17.0 Å². The van der Waals surface area contributed by atoms with Crippen molar-refractivity contribution in [2.45, 2.75) is 13.8 Å². The molecule has 0 fully saturated rings. The Balaban J connectivity index is 2.47. The van der Waals surface area contributed by atoms with Gasteiger partial charge in [0, 0.05) is 16.1 Å². The number of rotatable bonds is 1. The van der Waals surface area contributed by atoms with Crippen LogP contribution in [0.25, 0.3) is 16.8 Å². The molecule has 2 aromatic heterocycles. The average molecular weight is 290 g/mol. The predicted octanol–water partition coefficient (Wildman–Crippen LogP) is 2.67. The summed E-state index contributed by atoms with van der Waals surface area (Å²) in [5.74, 6) is -0.162. The highest BCUT2D eigenvalue weighted by atomic mass is 35.5. The van der Waals surface area contributed by atoms with E-state index in [0.717, 1.165) is 5.56 Å². The third-order valence-corrected chi connectivity index (χ3v) is 3.64. The second kappa shape index (κ2) is 4.38. The molecule has 3 aromatic rings. The van der Waals surface area contributed by atoms with Gasteiger partial charge in [0.1, 0.15) is 5.65 Å². The quantitative estimate of drug-likeness (QED) is 0.723. The zero-order chi connectivity index (χ0) is 14.4. The summed E-state index contributed by atoms with van der Waals surface area (Å²) in [6, 6.07) is 7.31. The Morgan fingerprint density at radius 3 is 2.70 bits per heavy atom. The number of halogens is 1. The van der Waals surface area contributed by atoms with Gasteiger partial charge in [0.05, 0.1) is 11.3 Å². The van der Waals surface area contributed by atoms with Gasteiger partial charge in [-0.05, 0) is 19.9 Å². The highest BCUT2D eigenvalue weighted by molar-refractivity contribution is 6.33. The summed E-state index contributed by atoms with van der Waals surface area (Å²) >= 11 is 6.21. The van der Waals surface area contributed by atoms with Gasteiger partial charge in [-0.15, -0.1) is 0 Å². The van der Waals surface area contributed by atoms with Crippen molar-refractivity contribution in [2.75, 3.05) is 0 Å². The first-order valence-electron chi connectivity index (χ1n) is 6.06. The van der Waals surface area contributed by atoms with Crippen LogP contribution in [-0.4, -0.2) is 19.7 Å². The lowest BCUT2D eigenvalue weighted by Crippen LogP contribution is -2.12. The molecule has 0 aliphatic carbocycles. The van der Waals surface area contributed by atoms with Crippen molar-refractivity contribution in [1.82, 2.24) is 14.6 Å². The largest absolute Gasteiger partial charge is 0.493 e. The molecule has 0 aliphatic heterocycles. The highest BCUT2D eigenvalue weighted by Crippen LogP contribution is 2.33. The molecule has 0 radical (unpaired) electrons. The molecule has 0 saturated heterocycles. The van der Waals surface area contributed by atoms with Gasteiger partial charge in [-0.25, -0.2) is 0 Å². The van der Waals surface area contributed by atoms with Crippen LogP contribution in [0.2, 0.25) is 5.02 Å². The lowest BCUT2D eigenvalue weighted by Gasteiger charge is -2.04. The number of benzene rings is 1. The van der Waals surface area contributed by atoms with Crippen LogP contribution < -0.4 is 5.56 Å². The first-order chi connectivity index (χ1) is 9.50. The van der Waals surface area contributed by atoms with E-state index >= 15 is 0 Å². The standard InChI is InChI=1S/C14H12ClN3O2/c1-7-13(19)16-12-11(8(2)17-18(12)14(7)20)9-5-3-4-6-10(9)15/h3-6,20H,1-2H3,(H,16,19). The number of hydrogen-bond acceptors (Lipinski definition) is 3. The second-order valence-corrected chi connectivity index (χ2v) is 5.01. The van der Waals surface area contributed by atoms with Crippen molar-refractivity contribution in [3.63, 3.8) is 0 Å². The van der Waals surface area contributed by atoms with Gasteiger partial charge in [-0.2, -0.15) is 9.61 Å². The van der Waals surface area contributed by atoms with Crippen molar-refractivity contribution < 1.29 is 5.11 Å². The zero-order valence-corrected chi connectivity index (χ0v) is 11.7. The summed E-state index contributed by atoms with van der Waals surface area (Å²) in [4.78, 5) is 14.6. The first-order valence-corrected chi connectivity index (χ1v) is 6.44. The average Bonchev–Trinajstić information content (AvgIpc) is 2.74. The number of H-pyrrole nitrogens is 1. The van der Waals surface area contributed by atoms with Crippen LogP contribution in [0.3, 0.4) is 0 Å². The van der Waals surface area contributed by atoms with Crippen LogP contribution in [0.4, 0.5) is 0 Å². The molecule has 20 heavy (non-hydrogen) atoms. The lowest BCUT2D eigenvalue weighted by molar-refractivity contribution is 0.429. The number of hydrogen-bond donors (Lipinski definition) is 2. The molecule has 0 amide bonds. The SMILES string of the molecule is Cc1nn2c(O)c(C)c(=O)[nH]c2c1-c1ccccc1Cl. The highest BCUT2D eigenvalue weighted by Gasteiger charge is 2.18. The molecule has 0 spiro atoms. The van der Waals surface area contributed by atoms with Crippen LogP contribution in [0, 0.1) is 13.8 Å². The van der Waals surface area contributed by atoms with E-state index in [0.29, 0.717) is 21.9 Å². The summed E-state index contributed by atoms with van der Waals surface area (Å²) in [6.45, 7) is 3.35. The maximum atomic E-state index is 11.8. The number of aromatic amines is 1. The summed E-state index contributed by atoms with van der Waals surface area (Å²) < 4.78 is 1.32. The minimum Gasteiger partial charge on any atom is -0.493 e. The number of fused-ring (bicyclic) bond motifs is 1. The van der Waals surface area contributed by atoms with Gasteiger partial charge in [-0.1, -0.05) is 29.8 Å². The number of nitrogens with zero attached hydrogens (tertiary/aromatic N) is 2. The second-order valence-electron chi connectivity index (χ2n) is 4.60. The molecule has 0 unspecified atom stereocenters. The normalized spacial score (nSPS) is 11.2. The van der Waals surface area contributed by atoms with Crippen molar-refractivity contribution in [3.05, 3.63) is 50.9 Å². The summed E-state index contributed by atoms with van der Waals surface area (Å²) in [5, 5.41) is 14.9. The lowest BCUT2D eigenvalue weighted by atomic mass is 10.1. The Morgan fingerprint density at radius 1 is 1.30 bits per heavy atom. The van der Waals surface area contributed by atoms with E-state index in [2.05, 4.69) is 10.1 Å². The molecule has 2 N–H and O–H groups in total. The fourth-order valence-electron chi connectivity index (χ4n) is 2.24. The molecule has 0 bridgehead atoms. The monoisotopic (exact) mass is 289 g/mol. The van der Waals surface area contributed by atoms with Gasteiger partial charge in [0.2, 0.25) is 5.88 Å². The molecule has 0 aliphatic rings. The molecule has 2 heterocycles. The van der Waals surface area contributed by atoms with Crippen LogP contribution in [0.5, 0.6) is 5.88 Å². The maximum absolute atomic E-state index is 11.8. The number of aryl methyl sites for hydroxylation is 1. The van der Waals surface area contributed by atoms with E-state index in [1.54, 1.807) is 19.9 Å². The van der Waals surface area contributed by atoms with Crippen molar-refractivity contribution in [2.24, 2.45) is 0 Å². The Labute approximate surface area is 119 Å². The van der Waals surface area contributed by atoms with Crippen molar-refractivity contribution >= 4 is 17.2 Å². The first kappa shape index (κ1) is 12.7. The Morgan fingerprint density at radius 2 is 2.00 bits per heavy atom. The minimum absolute atomic E-state index is 0.162. The summed E-state index contributed by atoms with van der Waals surface area (Å²) in [7, 11) is 0. The van der Waals surface area contributed by atoms with Crippen LogP contribution >= 0.6 is 11.6 Å².